The highest BCUT2D eigenvalue weighted by molar-refractivity contribution is 5.91. The summed E-state index contributed by atoms with van der Waals surface area (Å²) in [5.41, 5.74) is -0.613. The number of aliphatic hydroxyl groups excluding tert-OH is 1. The SMILES string of the molecule is CC1=CC(=O)N(C[C@H](CC(O)N2CCc3c(nc(-c4ccoc4)nc3C(F)(F)F)C2)N(C(=O)O)C(C)(C)C)C1. The smallest absolute Gasteiger partial charge is 0.433 e. The lowest BCUT2D eigenvalue weighted by atomic mass is 9.98. The van der Waals surface area contributed by atoms with E-state index in [9.17, 15) is 33.0 Å². The van der Waals surface area contributed by atoms with E-state index in [4.69, 9.17) is 4.42 Å². The first-order valence-electron chi connectivity index (χ1n) is 12.5. The van der Waals surface area contributed by atoms with Crippen LogP contribution in [0.1, 0.15) is 51.1 Å². The Balaban J connectivity index is 1.61. The van der Waals surface area contributed by atoms with E-state index >= 15 is 0 Å². The monoisotopic (exact) mass is 551 g/mol. The van der Waals surface area contributed by atoms with Gasteiger partial charge in [-0.15, -0.1) is 0 Å². The molecule has 212 valence electrons. The topological polar surface area (TPSA) is 123 Å². The molecule has 10 nitrogen and oxygen atoms in total. The Morgan fingerprint density at radius 2 is 1.95 bits per heavy atom. The zero-order chi connectivity index (χ0) is 28.7. The predicted molar refractivity (Wildman–Crippen MR) is 133 cm³/mol. The molecule has 0 saturated heterocycles. The van der Waals surface area contributed by atoms with Gasteiger partial charge in [-0.2, -0.15) is 13.2 Å². The fraction of sp³-hybridized carbons (Fsp3) is 0.538. The number of aromatic nitrogens is 2. The second kappa shape index (κ2) is 10.6. The Morgan fingerprint density at radius 1 is 1.23 bits per heavy atom. The van der Waals surface area contributed by atoms with Gasteiger partial charge in [0.2, 0.25) is 5.91 Å². The van der Waals surface area contributed by atoms with E-state index in [1.807, 2.05) is 0 Å². The van der Waals surface area contributed by atoms with Crippen molar-refractivity contribution in [2.24, 2.45) is 0 Å². The molecule has 1 unspecified atom stereocenters. The Morgan fingerprint density at radius 3 is 2.49 bits per heavy atom. The number of furan rings is 1. The Kier molecular flexibility index (Phi) is 7.77. The average molecular weight is 552 g/mol. The van der Waals surface area contributed by atoms with Crippen molar-refractivity contribution in [1.82, 2.24) is 24.7 Å². The lowest BCUT2D eigenvalue weighted by Gasteiger charge is -2.43. The summed E-state index contributed by atoms with van der Waals surface area (Å²) >= 11 is 0. The normalized spacial score (nSPS) is 18.1. The van der Waals surface area contributed by atoms with Gasteiger partial charge in [-0.3, -0.25) is 14.6 Å². The van der Waals surface area contributed by atoms with Crippen LogP contribution in [0.5, 0.6) is 0 Å². The number of alkyl halides is 3. The van der Waals surface area contributed by atoms with E-state index in [-0.39, 0.29) is 55.5 Å². The number of aliphatic hydroxyl groups is 1. The van der Waals surface area contributed by atoms with Gasteiger partial charge in [0.25, 0.3) is 0 Å². The summed E-state index contributed by atoms with van der Waals surface area (Å²) in [7, 11) is 0. The van der Waals surface area contributed by atoms with E-state index in [1.165, 1.54) is 34.5 Å². The molecule has 2 aliphatic heterocycles. The molecule has 4 rings (SSSR count). The highest BCUT2D eigenvalue weighted by Gasteiger charge is 2.41. The van der Waals surface area contributed by atoms with Crippen molar-refractivity contribution in [3.8, 4) is 11.4 Å². The summed E-state index contributed by atoms with van der Waals surface area (Å²) in [5.74, 6) is -0.370. The van der Waals surface area contributed by atoms with Crippen molar-refractivity contribution in [2.75, 3.05) is 19.6 Å². The zero-order valence-corrected chi connectivity index (χ0v) is 22.2. The highest BCUT2D eigenvalue weighted by Crippen LogP contribution is 2.36. The molecule has 39 heavy (non-hydrogen) atoms. The predicted octanol–water partition coefficient (Wildman–Crippen LogP) is 3.76. The third-order valence-electron chi connectivity index (χ3n) is 6.89. The lowest BCUT2D eigenvalue weighted by Crippen LogP contribution is -2.57. The van der Waals surface area contributed by atoms with E-state index in [2.05, 4.69) is 9.97 Å². The number of fused-ring (bicyclic) bond motifs is 1. The maximum absolute atomic E-state index is 13.9. The Bertz CT molecular complexity index is 1260. The molecule has 0 aromatic carbocycles. The molecule has 2 aromatic heterocycles. The van der Waals surface area contributed by atoms with Crippen LogP contribution in [-0.4, -0.2) is 84.3 Å². The Hall–Kier alpha value is -3.45. The van der Waals surface area contributed by atoms with Gasteiger partial charge in [0.1, 0.15) is 12.5 Å². The molecule has 0 saturated carbocycles. The van der Waals surface area contributed by atoms with Crippen LogP contribution in [0.15, 0.2) is 34.7 Å². The lowest BCUT2D eigenvalue weighted by molar-refractivity contribution is -0.142. The molecular weight excluding hydrogens is 519 g/mol. The standard InChI is InChI=1S/C26H32F3N5O5/c1-15-9-20(35)33(11-15)12-17(34(24(37)38)25(2,3)4)10-21(36)32-7-5-18-19(13-32)30-23(16-6-8-39-14-16)31-22(18)26(27,28)29/h6,8-9,14,17,21,36H,5,7,10-13H2,1-4H3,(H,37,38)/t17-,21?/m0/s1. The van der Waals surface area contributed by atoms with E-state index in [0.717, 1.165) is 5.57 Å². The fourth-order valence-corrected chi connectivity index (χ4v) is 5.24. The largest absolute Gasteiger partial charge is 0.472 e. The molecule has 2 amide bonds. The van der Waals surface area contributed by atoms with Gasteiger partial charge in [0.05, 0.1) is 23.6 Å². The number of amides is 2. The van der Waals surface area contributed by atoms with Crippen LogP contribution in [0.4, 0.5) is 18.0 Å². The summed E-state index contributed by atoms with van der Waals surface area (Å²) in [6.45, 7) is 7.38. The summed E-state index contributed by atoms with van der Waals surface area (Å²) in [6.07, 6.45) is -3.15. The molecule has 4 heterocycles. The maximum Gasteiger partial charge on any atom is 0.433 e. The van der Waals surface area contributed by atoms with Crippen LogP contribution in [0.25, 0.3) is 11.4 Å². The minimum atomic E-state index is -4.69. The van der Waals surface area contributed by atoms with E-state index in [0.29, 0.717) is 12.1 Å². The molecule has 2 N–H and O–H groups in total. The number of hydrogen-bond acceptors (Lipinski definition) is 7. The quantitative estimate of drug-likeness (QED) is 0.533. The van der Waals surface area contributed by atoms with Gasteiger partial charge >= 0.3 is 12.3 Å². The van der Waals surface area contributed by atoms with Crippen LogP contribution in [0.2, 0.25) is 0 Å². The average Bonchev–Trinajstić information content (AvgIpc) is 3.45. The van der Waals surface area contributed by atoms with Crippen molar-refractivity contribution in [3.05, 3.63) is 47.2 Å². The molecular formula is C26H32F3N5O5. The summed E-state index contributed by atoms with van der Waals surface area (Å²) in [6, 6.07) is 0.685. The first-order chi connectivity index (χ1) is 18.1. The van der Waals surface area contributed by atoms with Gasteiger partial charge in [-0.05, 0) is 45.8 Å². The first kappa shape index (κ1) is 28.6. The molecule has 0 bridgehead atoms. The van der Waals surface area contributed by atoms with E-state index in [1.54, 1.807) is 32.6 Å². The minimum absolute atomic E-state index is 0.0270. The minimum Gasteiger partial charge on any atom is -0.472 e. The second-order valence-corrected chi connectivity index (χ2v) is 11.0. The molecule has 2 aliphatic rings. The number of rotatable bonds is 7. The Labute approximate surface area is 223 Å². The van der Waals surface area contributed by atoms with Crippen LogP contribution < -0.4 is 0 Å². The number of carbonyl (C=O) groups is 2. The number of carboxylic acid groups (broad SMARTS) is 1. The van der Waals surface area contributed by atoms with Crippen molar-refractivity contribution in [2.45, 2.75) is 71.1 Å². The van der Waals surface area contributed by atoms with Crippen molar-refractivity contribution < 1.29 is 37.4 Å². The number of hydrogen-bond donors (Lipinski definition) is 2. The summed E-state index contributed by atoms with van der Waals surface area (Å²) in [5, 5.41) is 21.3. The molecule has 0 fully saturated rings. The van der Waals surface area contributed by atoms with Crippen LogP contribution in [-0.2, 0) is 23.9 Å². The first-order valence-corrected chi connectivity index (χ1v) is 12.5. The molecule has 13 heteroatoms. The number of nitrogens with zero attached hydrogens (tertiary/aromatic N) is 5. The van der Waals surface area contributed by atoms with Crippen LogP contribution in [0, 0.1) is 0 Å². The van der Waals surface area contributed by atoms with Crippen LogP contribution in [0.3, 0.4) is 0 Å². The summed E-state index contributed by atoms with van der Waals surface area (Å²) < 4.78 is 46.6. The van der Waals surface area contributed by atoms with Crippen molar-refractivity contribution in [1.29, 1.82) is 0 Å². The van der Waals surface area contributed by atoms with E-state index < -0.39 is 35.8 Å². The highest BCUT2D eigenvalue weighted by atomic mass is 19.4. The third-order valence-corrected chi connectivity index (χ3v) is 6.89. The van der Waals surface area contributed by atoms with Gasteiger partial charge < -0.3 is 19.5 Å². The number of carbonyl (C=O) groups excluding carboxylic acids is 1. The van der Waals surface area contributed by atoms with Gasteiger partial charge in [0, 0.05) is 49.8 Å². The molecule has 2 aromatic rings. The van der Waals surface area contributed by atoms with Gasteiger partial charge in [-0.1, -0.05) is 0 Å². The van der Waals surface area contributed by atoms with Crippen molar-refractivity contribution in [3.63, 3.8) is 0 Å². The fourth-order valence-electron chi connectivity index (χ4n) is 5.24. The molecule has 0 aliphatic carbocycles. The summed E-state index contributed by atoms with van der Waals surface area (Å²) in [4.78, 5) is 37.2. The maximum atomic E-state index is 13.9. The molecule has 0 radical (unpaired) electrons. The second-order valence-electron chi connectivity index (χ2n) is 11.0. The third kappa shape index (κ3) is 6.25. The van der Waals surface area contributed by atoms with Gasteiger partial charge in [-0.25, -0.2) is 14.8 Å². The molecule has 2 atom stereocenters. The zero-order valence-electron chi connectivity index (χ0n) is 22.2. The van der Waals surface area contributed by atoms with Crippen LogP contribution >= 0.6 is 0 Å². The van der Waals surface area contributed by atoms with Crippen molar-refractivity contribution >= 4 is 12.0 Å². The van der Waals surface area contributed by atoms with Gasteiger partial charge in [0.15, 0.2) is 11.5 Å². The number of halogens is 3. The molecule has 0 spiro atoms.